The average molecular weight is 277 g/mol. The topological polar surface area (TPSA) is 58.5 Å². The van der Waals surface area contributed by atoms with Crippen LogP contribution >= 0.6 is 0 Å². The van der Waals surface area contributed by atoms with Gasteiger partial charge in [-0.25, -0.2) is 9.97 Å². The lowest BCUT2D eigenvalue weighted by atomic mass is 9.80. The predicted molar refractivity (Wildman–Crippen MR) is 76.8 cm³/mol. The summed E-state index contributed by atoms with van der Waals surface area (Å²) in [6, 6.07) is 2.10. The summed E-state index contributed by atoms with van der Waals surface area (Å²) in [7, 11) is 2.05. The van der Waals surface area contributed by atoms with Crippen LogP contribution in [0.2, 0.25) is 0 Å². The van der Waals surface area contributed by atoms with Gasteiger partial charge in [-0.05, 0) is 25.7 Å². The fraction of sp³-hybridized carbons (Fsp3) is 0.733. The fourth-order valence-electron chi connectivity index (χ4n) is 2.93. The molecule has 0 spiro atoms. The molecule has 1 aromatic heterocycles. The lowest BCUT2D eigenvalue weighted by Crippen LogP contribution is -2.43. The number of aliphatic hydroxyl groups excluding tert-OH is 1. The van der Waals surface area contributed by atoms with Gasteiger partial charge >= 0.3 is 0 Å². The molecule has 0 amide bonds. The predicted octanol–water partition coefficient (Wildman–Crippen LogP) is 1.58. The molecule has 2 aliphatic rings. The first-order chi connectivity index (χ1) is 9.72. The second kappa shape index (κ2) is 5.66. The van der Waals surface area contributed by atoms with E-state index in [2.05, 4.69) is 20.9 Å². The third-order valence-corrected chi connectivity index (χ3v) is 4.52. The minimum Gasteiger partial charge on any atom is -0.396 e. The van der Waals surface area contributed by atoms with Gasteiger partial charge in [0.1, 0.15) is 12.1 Å². The summed E-state index contributed by atoms with van der Waals surface area (Å²) in [5.74, 6) is 1.60. The number of nitrogens with zero attached hydrogens (tertiary/aromatic N) is 3. The molecule has 1 aromatic rings. The van der Waals surface area contributed by atoms with Gasteiger partial charge in [-0.2, -0.15) is 0 Å². The maximum atomic E-state index is 9.78. The van der Waals surface area contributed by atoms with E-state index >= 15 is 0 Å². The Hall–Kier alpha value is -1.20. The van der Waals surface area contributed by atoms with Gasteiger partial charge in [0.25, 0.3) is 0 Å². The zero-order chi connectivity index (χ0) is 14.0. The van der Waals surface area contributed by atoms with E-state index < -0.39 is 0 Å². The highest BCUT2D eigenvalue weighted by Crippen LogP contribution is 2.39. The van der Waals surface area contributed by atoms with Crippen LogP contribution in [0.1, 0.15) is 37.3 Å². The van der Waals surface area contributed by atoms with Crippen molar-refractivity contribution in [3.05, 3.63) is 18.1 Å². The second-order valence-electron chi connectivity index (χ2n) is 6.20. The van der Waals surface area contributed by atoms with Crippen LogP contribution in [0.15, 0.2) is 12.4 Å². The highest BCUT2D eigenvalue weighted by molar-refractivity contribution is 5.39. The molecule has 0 radical (unpaired) electrons. The minimum absolute atomic E-state index is 0.0578. The normalized spacial score (nSPS) is 21.7. The van der Waals surface area contributed by atoms with Gasteiger partial charge in [-0.3, -0.25) is 0 Å². The first kappa shape index (κ1) is 13.8. The molecule has 0 aromatic carbocycles. The molecule has 3 rings (SSSR count). The van der Waals surface area contributed by atoms with E-state index in [1.165, 1.54) is 12.8 Å². The van der Waals surface area contributed by atoms with Gasteiger partial charge in [-0.1, -0.05) is 0 Å². The Morgan fingerprint density at radius 3 is 2.75 bits per heavy atom. The number of anilines is 1. The molecule has 1 N–H and O–H groups in total. The Morgan fingerprint density at radius 2 is 2.10 bits per heavy atom. The first-order valence-electron chi connectivity index (χ1n) is 7.44. The smallest absolute Gasteiger partial charge is 0.131 e. The SMILES string of the molecule is CN(CC1(CO)CCOCC1)c1cc(C2CC2)ncn1. The molecule has 0 atom stereocenters. The van der Waals surface area contributed by atoms with Crippen molar-refractivity contribution < 1.29 is 9.84 Å². The zero-order valence-corrected chi connectivity index (χ0v) is 12.1. The quantitative estimate of drug-likeness (QED) is 0.885. The van der Waals surface area contributed by atoms with Crippen molar-refractivity contribution >= 4 is 5.82 Å². The van der Waals surface area contributed by atoms with E-state index in [0.717, 1.165) is 44.1 Å². The van der Waals surface area contributed by atoms with Gasteiger partial charge in [-0.15, -0.1) is 0 Å². The molecule has 1 saturated heterocycles. The van der Waals surface area contributed by atoms with E-state index in [1.54, 1.807) is 6.33 Å². The van der Waals surface area contributed by atoms with E-state index in [4.69, 9.17) is 4.74 Å². The van der Waals surface area contributed by atoms with Crippen LogP contribution in [-0.4, -0.2) is 48.5 Å². The van der Waals surface area contributed by atoms with E-state index in [9.17, 15) is 5.11 Å². The Balaban J connectivity index is 1.71. The molecule has 5 nitrogen and oxygen atoms in total. The standard InChI is InChI=1S/C15H23N3O2/c1-18(9-15(10-19)4-6-20-7-5-15)14-8-13(12-2-3-12)16-11-17-14/h8,11-12,19H,2-7,9-10H2,1H3. The number of aliphatic hydroxyl groups is 1. The van der Waals surface area contributed by atoms with Gasteiger partial charge in [0.15, 0.2) is 0 Å². The third kappa shape index (κ3) is 2.94. The van der Waals surface area contributed by atoms with E-state index in [0.29, 0.717) is 5.92 Å². The Kier molecular flexibility index (Phi) is 3.89. The molecular weight excluding hydrogens is 254 g/mol. The molecule has 5 heteroatoms. The van der Waals surface area contributed by atoms with Crippen LogP contribution in [0.4, 0.5) is 5.82 Å². The third-order valence-electron chi connectivity index (χ3n) is 4.52. The fourth-order valence-corrected chi connectivity index (χ4v) is 2.93. The van der Waals surface area contributed by atoms with Gasteiger partial charge in [0, 0.05) is 49.9 Å². The number of hydrogen-bond acceptors (Lipinski definition) is 5. The first-order valence-corrected chi connectivity index (χ1v) is 7.44. The van der Waals surface area contributed by atoms with E-state index in [1.807, 2.05) is 7.05 Å². The van der Waals surface area contributed by atoms with Crippen molar-refractivity contribution in [2.75, 3.05) is 38.3 Å². The molecule has 2 fully saturated rings. The summed E-state index contributed by atoms with van der Waals surface area (Å²) in [5.41, 5.74) is 1.10. The van der Waals surface area contributed by atoms with Crippen molar-refractivity contribution in [2.24, 2.45) is 5.41 Å². The Bertz CT molecular complexity index is 456. The van der Waals surface area contributed by atoms with Crippen LogP contribution in [0, 0.1) is 5.41 Å². The Morgan fingerprint density at radius 1 is 1.35 bits per heavy atom. The van der Waals surface area contributed by atoms with Crippen LogP contribution in [0.25, 0.3) is 0 Å². The average Bonchev–Trinajstić information content (AvgIpc) is 3.33. The lowest BCUT2D eigenvalue weighted by Gasteiger charge is -2.38. The molecule has 0 unspecified atom stereocenters. The zero-order valence-electron chi connectivity index (χ0n) is 12.1. The van der Waals surface area contributed by atoms with Gasteiger partial charge in [0.05, 0.1) is 6.61 Å². The molecule has 0 bridgehead atoms. The van der Waals surface area contributed by atoms with Crippen molar-refractivity contribution in [2.45, 2.75) is 31.6 Å². The van der Waals surface area contributed by atoms with Crippen LogP contribution in [0.5, 0.6) is 0 Å². The molecular formula is C15H23N3O2. The van der Waals surface area contributed by atoms with Crippen LogP contribution < -0.4 is 4.90 Å². The van der Waals surface area contributed by atoms with E-state index in [-0.39, 0.29) is 12.0 Å². The molecule has 1 aliphatic carbocycles. The summed E-state index contributed by atoms with van der Waals surface area (Å²) in [4.78, 5) is 10.9. The number of rotatable bonds is 5. The summed E-state index contributed by atoms with van der Waals surface area (Å²) in [5, 5.41) is 9.78. The molecule has 1 aliphatic heterocycles. The maximum absolute atomic E-state index is 9.78. The van der Waals surface area contributed by atoms with Crippen molar-refractivity contribution in [1.82, 2.24) is 9.97 Å². The molecule has 2 heterocycles. The molecule has 110 valence electrons. The second-order valence-corrected chi connectivity index (χ2v) is 6.20. The number of aromatic nitrogens is 2. The lowest BCUT2D eigenvalue weighted by molar-refractivity contribution is -0.0113. The largest absolute Gasteiger partial charge is 0.396 e. The van der Waals surface area contributed by atoms with Crippen molar-refractivity contribution in [3.63, 3.8) is 0 Å². The summed E-state index contributed by atoms with van der Waals surface area (Å²) in [6.45, 7) is 2.51. The highest BCUT2D eigenvalue weighted by Gasteiger charge is 2.34. The molecule has 20 heavy (non-hydrogen) atoms. The van der Waals surface area contributed by atoms with Crippen molar-refractivity contribution in [3.8, 4) is 0 Å². The monoisotopic (exact) mass is 277 g/mol. The maximum Gasteiger partial charge on any atom is 0.131 e. The van der Waals surface area contributed by atoms with Gasteiger partial charge in [0.2, 0.25) is 0 Å². The minimum atomic E-state index is -0.0578. The highest BCUT2D eigenvalue weighted by atomic mass is 16.5. The summed E-state index contributed by atoms with van der Waals surface area (Å²) >= 11 is 0. The van der Waals surface area contributed by atoms with Crippen LogP contribution in [-0.2, 0) is 4.74 Å². The number of hydrogen-bond donors (Lipinski definition) is 1. The van der Waals surface area contributed by atoms with Crippen LogP contribution in [0.3, 0.4) is 0 Å². The number of ether oxygens (including phenoxy) is 1. The van der Waals surface area contributed by atoms with Crippen molar-refractivity contribution in [1.29, 1.82) is 0 Å². The summed E-state index contributed by atoms with van der Waals surface area (Å²) in [6.07, 6.45) is 5.98. The summed E-state index contributed by atoms with van der Waals surface area (Å²) < 4.78 is 5.42. The van der Waals surface area contributed by atoms with Gasteiger partial charge < -0.3 is 14.7 Å². The molecule has 1 saturated carbocycles. The Labute approximate surface area is 120 Å².